The van der Waals surface area contributed by atoms with Gasteiger partial charge in [-0.2, -0.15) is 9.97 Å². The lowest BCUT2D eigenvalue weighted by atomic mass is 10.4. The molecule has 1 aliphatic heterocycles. The smallest absolute Gasteiger partial charge is 0.240 e. The maximum Gasteiger partial charge on any atom is 0.240 e. The third-order valence-corrected chi connectivity index (χ3v) is 2.10. The lowest BCUT2D eigenvalue weighted by molar-refractivity contribution is 0.478. The molecular weight excluding hydrogens is 184 g/mol. The van der Waals surface area contributed by atoms with Gasteiger partial charge in [0.2, 0.25) is 11.9 Å². The van der Waals surface area contributed by atoms with Crippen molar-refractivity contribution in [1.82, 2.24) is 29.5 Å². The minimum Gasteiger partial charge on any atom is -0.366 e. The average molecular weight is 192 g/mol. The van der Waals surface area contributed by atoms with E-state index in [0.717, 1.165) is 0 Å². The molecular formula is C6H8N8. The van der Waals surface area contributed by atoms with Crippen molar-refractivity contribution >= 4 is 11.9 Å². The van der Waals surface area contributed by atoms with E-state index in [1.54, 1.807) is 9.36 Å². The molecule has 14 heavy (non-hydrogen) atoms. The van der Waals surface area contributed by atoms with Crippen LogP contribution in [0.15, 0.2) is 0 Å². The van der Waals surface area contributed by atoms with Gasteiger partial charge in [0.15, 0.2) is 11.6 Å². The van der Waals surface area contributed by atoms with E-state index in [4.69, 9.17) is 11.5 Å². The SMILES string of the molecule is Nc1nc2n(n1)CCn1nc(N)nc1-2. The van der Waals surface area contributed by atoms with Crippen molar-refractivity contribution in [2.45, 2.75) is 13.1 Å². The number of fused-ring (bicyclic) bond motifs is 3. The lowest BCUT2D eigenvalue weighted by Crippen LogP contribution is -2.18. The molecule has 72 valence electrons. The van der Waals surface area contributed by atoms with Crippen LogP contribution in [-0.4, -0.2) is 29.5 Å². The summed E-state index contributed by atoms with van der Waals surface area (Å²) in [6.07, 6.45) is 0. The van der Waals surface area contributed by atoms with Crippen molar-refractivity contribution < 1.29 is 0 Å². The second-order valence-electron chi connectivity index (χ2n) is 3.03. The minimum absolute atomic E-state index is 0.245. The Bertz CT molecular complexity index is 448. The number of nitrogen functional groups attached to an aromatic ring is 2. The highest BCUT2D eigenvalue weighted by molar-refractivity contribution is 5.49. The maximum atomic E-state index is 5.49. The number of nitrogens with zero attached hydrogens (tertiary/aromatic N) is 6. The lowest BCUT2D eigenvalue weighted by Gasteiger charge is -2.11. The van der Waals surface area contributed by atoms with Gasteiger partial charge in [0.25, 0.3) is 0 Å². The summed E-state index contributed by atoms with van der Waals surface area (Å²) in [6, 6.07) is 0. The van der Waals surface area contributed by atoms with Crippen molar-refractivity contribution in [3.8, 4) is 11.6 Å². The van der Waals surface area contributed by atoms with E-state index in [1.165, 1.54) is 0 Å². The van der Waals surface area contributed by atoms with E-state index in [-0.39, 0.29) is 11.9 Å². The Morgan fingerprint density at radius 1 is 0.857 bits per heavy atom. The number of hydrogen-bond acceptors (Lipinski definition) is 6. The van der Waals surface area contributed by atoms with Crippen LogP contribution in [0.25, 0.3) is 11.6 Å². The molecule has 0 unspecified atom stereocenters. The predicted molar refractivity (Wildman–Crippen MR) is 47.9 cm³/mol. The summed E-state index contributed by atoms with van der Waals surface area (Å²) in [5.74, 6) is 1.74. The van der Waals surface area contributed by atoms with Gasteiger partial charge in [-0.25, -0.2) is 9.36 Å². The Kier molecular flexibility index (Phi) is 1.16. The average Bonchev–Trinajstić information content (AvgIpc) is 2.65. The van der Waals surface area contributed by atoms with Crippen LogP contribution in [0.4, 0.5) is 11.9 Å². The molecule has 2 aromatic heterocycles. The van der Waals surface area contributed by atoms with Gasteiger partial charge in [-0.1, -0.05) is 0 Å². The van der Waals surface area contributed by atoms with E-state index in [1.807, 2.05) is 0 Å². The summed E-state index contributed by atoms with van der Waals surface area (Å²) in [5.41, 5.74) is 11.0. The summed E-state index contributed by atoms with van der Waals surface area (Å²) in [5, 5.41) is 8.04. The number of anilines is 2. The Hall–Kier alpha value is -2.12. The summed E-state index contributed by atoms with van der Waals surface area (Å²) < 4.78 is 3.41. The summed E-state index contributed by atoms with van der Waals surface area (Å²) in [7, 11) is 0. The third kappa shape index (κ3) is 0.817. The molecule has 0 aromatic carbocycles. The van der Waals surface area contributed by atoms with Gasteiger partial charge < -0.3 is 11.5 Å². The zero-order valence-corrected chi connectivity index (χ0v) is 7.25. The molecule has 0 saturated heterocycles. The Balaban J connectivity index is 2.27. The van der Waals surface area contributed by atoms with Crippen molar-refractivity contribution in [3.63, 3.8) is 0 Å². The summed E-state index contributed by atoms with van der Waals surface area (Å²) >= 11 is 0. The van der Waals surface area contributed by atoms with Crippen LogP contribution >= 0.6 is 0 Å². The molecule has 0 saturated carbocycles. The molecule has 2 aromatic rings. The second-order valence-corrected chi connectivity index (χ2v) is 3.03. The number of aryl methyl sites for hydroxylation is 2. The topological polar surface area (TPSA) is 113 Å². The predicted octanol–water partition coefficient (Wildman–Crippen LogP) is -1.29. The number of aromatic nitrogens is 6. The maximum absolute atomic E-state index is 5.49. The fraction of sp³-hybridized carbons (Fsp3) is 0.333. The zero-order chi connectivity index (χ0) is 9.71. The Morgan fingerprint density at radius 2 is 1.29 bits per heavy atom. The van der Waals surface area contributed by atoms with Gasteiger partial charge in [-0.15, -0.1) is 10.2 Å². The van der Waals surface area contributed by atoms with E-state index < -0.39 is 0 Å². The molecule has 0 bridgehead atoms. The number of hydrogen-bond donors (Lipinski definition) is 2. The quantitative estimate of drug-likeness (QED) is 0.537. The van der Waals surface area contributed by atoms with Crippen LogP contribution < -0.4 is 11.5 Å². The molecule has 1 aliphatic rings. The Labute approximate surface area is 78.5 Å². The fourth-order valence-corrected chi connectivity index (χ4v) is 1.55. The molecule has 0 atom stereocenters. The largest absolute Gasteiger partial charge is 0.366 e. The van der Waals surface area contributed by atoms with Crippen LogP contribution in [0, 0.1) is 0 Å². The van der Waals surface area contributed by atoms with Gasteiger partial charge in [0.1, 0.15) is 0 Å². The molecule has 8 heteroatoms. The molecule has 8 nitrogen and oxygen atoms in total. The Morgan fingerprint density at radius 3 is 1.71 bits per heavy atom. The molecule has 0 fully saturated rings. The van der Waals surface area contributed by atoms with Crippen LogP contribution in [0.5, 0.6) is 0 Å². The van der Waals surface area contributed by atoms with Gasteiger partial charge in [-0.05, 0) is 0 Å². The van der Waals surface area contributed by atoms with Gasteiger partial charge in [0.05, 0.1) is 13.1 Å². The highest BCUT2D eigenvalue weighted by Gasteiger charge is 2.22. The molecule has 3 heterocycles. The van der Waals surface area contributed by atoms with E-state index in [2.05, 4.69) is 20.2 Å². The van der Waals surface area contributed by atoms with Crippen molar-refractivity contribution in [2.75, 3.05) is 11.5 Å². The van der Waals surface area contributed by atoms with Crippen LogP contribution in [0.2, 0.25) is 0 Å². The monoisotopic (exact) mass is 192 g/mol. The highest BCUT2D eigenvalue weighted by Crippen LogP contribution is 2.20. The van der Waals surface area contributed by atoms with E-state index >= 15 is 0 Å². The van der Waals surface area contributed by atoms with Gasteiger partial charge in [-0.3, -0.25) is 0 Å². The number of nitrogens with two attached hydrogens (primary N) is 2. The first-order valence-corrected chi connectivity index (χ1v) is 4.15. The van der Waals surface area contributed by atoms with Crippen molar-refractivity contribution in [1.29, 1.82) is 0 Å². The zero-order valence-electron chi connectivity index (χ0n) is 7.25. The third-order valence-electron chi connectivity index (χ3n) is 2.10. The normalized spacial score (nSPS) is 13.7. The summed E-state index contributed by atoms with van der Waals surface area (Å²) in [6.45, 7) is 1.38. The standard InChI is InChI=1S/C6H8N8/c7-5-9-3-4-10-6(8)12-14(4)2-1-13(3)11-5/h1-2H2,(H2,7,11)(H2,8,12). The molecule has 3 rings (SSSR count). The molecule has 4 N–H and O–H groups in total. The first-order chi connectivity index (χ1) is 6.74. The fourth-order valence-electron chi connectivity index (χ4n) is 1.55. The molecule has 0 radical (unpaired) electrons. The summed E-state index contributed by atoms with van der Waals surface area (Å²) in [4.78, 5) is 8.11. The van der Waals surface area contributed by atoms with Crippen molar-refractivity contribution in [3.05, 3.63) is 0 Å². The highest BCUT2D eigenvalue weighted by atomic mass is 15.5. The molecule has 0 amide bonds. The second kappa shape index (κ2) is 2.22. The number of rotatable bonds is 0. The first kappa shape index (κ1) is 7.30. The minimum atomic E-state index is 0.245. The van der Waals surface area contributed by atoms with Crippen LogP contribution in [0.3, 0.4) is 0 Å². The van der Waals surface area contributed by atoms with Gasteiger partial charge in [0, 0.05) is 0 Å². The molecule has 0 aliphatic carbocycles. The van der Waals surface area contributed by atoms with Gasteiger partial charge >= 0.3 is 0 Å². The first-order valence-electron chi connectivity index (χ1n) is 4.15. The molecule has 0 spiro atoms. The van der Waals surface area contributed by atoms with Crippen LogP contribution in [0.1, 0.15) is 0 Å². The van der Waals surface area contributed by atoms with E-state index in [0.29, 0.717) is 24.7 Å². The van der Waals surface area contributed by atoms with E-state index in [9.17, 15) is 0 Å². The van der Waals surface area contributed by atoms with Crippen molar-refractivity contribution in [2.24, 2.45) is 0 Å². The van der Waals surface area contributed by atoms with Crippen LogP contribution in [-0.2, 0) is 13.1 Å².